The van der Waals surface area contributed by atoms with Crippen molar-refractivity contribution in [3.63, 3.8) is 0 Å². The molecule has 0 aliphatic heterocycles. The topological polar surface area (TPSA) is 42.7 Å². The van der Waals surface area contributed by atoms with Gasteiger partial charge in [-0.15, -0.1) is 11.3 Å². The van der Waals surface area contributed by atoms with Gasteiger partial charge in [-0.3, -0.25) is 0 Å². The first-order valence-electron chi connectivity index (χ1n) is 5.39. The molecule has 0 aliphatic rings. The van der Waals surface area contributed by atoms with Crippen LogP contribution in [-0.4, -0.2) is 21.3 Å². The van der Waals surface area contributed by atoms with Gasteiger partial charge in [-0.25, -0.2) is 9.67 Å². The first kappa shape index (κ1) is 11.3. The van der Waals surface area contributed by atoms with Gasteiger partial charge in [0.05, 0.1) is 5.69 Å². The first-order chi connectivity index (χ1) is 7.74. The van der Waals surface area contributed by atoms with Crippen LogP contribution in [0.15, 0.2) is 11.6 Å². The molecule has 2 heterocycles. The number of nitrogens with zero attached hydrogens (tertiary/aromatic N) is 3. The average Bonchev–Trinajstić information content (AvgIpc) is 2.86. The van der Waals surface area contributed by atoms with E-state index in [1.807, 2.05) is 17.0 Å². The van der Waals surface area contributed by atoms with Crippen molar-refractivity contribution in [3.05, 3.63) is 28.5 Å². The molecule has 16 heavy (non-hydrogen) atoms. The van der Waals surface area contributed by atoms with Crippen LogP contribution in [0.2, 0.25) is 0 Å². The van der Waals surface area contributed by atoms with E-state index >= 15 is 0 Å². The van der Waals surface area contributed by atoms with Crippen LogP contribution in [0, 0.1) is 13.8 Å². The molecule has 0 atom stereocenters. The Balaban J connectivity index is 2.35. The van der Waals surface area contributed by atoms with Gasteiger partial charge in [-0.05, 0) is 20.4 Å². The maximum Gasteiger partial charge on any atom is 0.210 e. The van der Waals surface area contributed by atoms with Crippen LogP contribution in [0.3, 0.4) is 0 Å². The lowest BCUT2D eigenvalue weighted by Gasteiger charge is -2.02. The lowest BCUT2D eigenvalue weighted by Crippen LogP contribution is -2.13. The fourth-order valence-corrected chi connectivity index (χ4v) is 2.33. The molecule has 2 aromatic heterocycles. The molecule has 0 aromatic carbocycles. The highest BCUT2D eigenvalue weighted by atomic mass is 32.1. The molecule has 5 heteroatoms. The van der Waals surface area contributed by atoms with Gasteiger partial charge in [-0.2, -0.15) is 5.10 Å². The molecular formula is C11H16N4S. The van der Waals surface area contributed by atoms with E-state index in [-0.39, 0.29) is 0 Å². The van der Waals surface area contributed by atoms with E-state index in [0.29, 0.717) is 0 Å². The summed E-state index contributed by atoms with van der Waals surface area (Å²) >= 11 is 1.61. The standard InChI is InChI=1S/C11H16N4S/c1-4-12-7-10-8(2)14-15(9(10)3)11-13-5-6-16-11/h5-6,12H,4,7H2,1-3H3. The van der Waals surface area contributed by atoms with Gasteiger partial charge < -0.3 is 5.32 Å². The summed E-state index contributed by atoms with van der Waals surface area (Å²) in [7, 11) is 0. The Bertz CT molecular complexity index is 459. The highest BCUT2D eigenvalue weighted by molar-refractivity contribution is 7.12. The molecule has 86 valence electrons. The van der Waals surface area contributed by atoms with Gasteiger partial charge in [-0.1, -0.05) is 6.92 Å². The summed E-state index contributed by atoms with van der Waals surface area (Å²) in [5, 5.41) is 10.8. The van der Waals surface area contributed by atoms with E-state index in [2.05, 4.69) is 29.2 Å². The zero-order valence-corrected chi connectivity index (χ0v) is 10.6. The lowest BCUT2D eigenvalue weighted by molar-refractivity contribution is 0.719. The van der Waals surface area contributed by atoms with Crippen LogP contribution in [0.5, 0.6) is 0 Å². The second-order valence-electron chi connectivity index (χ2n) is 3.66. The zero-order valence-electron chi connectivity index (χ0n) is 9.82. The smallest absolute Gasteiger partial charge is 0.210 e. The number of hydrogen-bond donors (Lipinski definition) is 1. The second kappa shape index (κ2) is 4.76. The minimum absolute atomic E-state index is 0.875. The second-order valence-corrected chi connectivity index (χ2v) is 4.53. The predicted octanol–water partition coefficient (Wildman–Crippen LogP) is 2.06. The number of hydrogen-bond acceptors (Lipinski definition) is 4. The quantitative estimate of drug-likeness (QED) is 0.883. The van der Waals surface area contributed by atoms with Crippen molar-refractivity contribution in [2.75, 3.05) is 6.54 Å². The third-order valence-electron chi connectivity index (χ3n) is 2.59. The summed E-state index contributed by atoms with van der Waals surface area (Å²) in [5.74, 6) is 0. The highest BCUT2D eigenvalue weighted by Crippen LogP contribution is 2.18. The number of thiazole rings is 1. The molecule has 0 spiro atoms. The molecule has 2 aromatic rings. The van der Waals surface area contributed by atoms with Gasteiger partial charge in [0.25, 0.3) is 0 Å². The minimum Gasteiger partial charge on any atom is -0.313 e. The Morgan fingerprint density at radius 2 is 2.25 bits per heavy atom. The van der Waals surface area contributed by atoms with Crippen molar-refractivity contribution in [2.24, 2.45) is 0 Å². The summed E-state index contributed by atoms with van der Waals surface area (Å²) < 4.78 is 1.92. The van der Waals surface area contributed by atoms with Crippen LogP contribution in [0.1, 0.15) is 23.9 Å². The molecule has 0 fully saturated rings. The van der Waals surface area contributed by atoms with E-state index in [1.54, 1.807) is 17.5 Å². The van der Waals surface area contributed by atoms with E-state index in [4.69, 9.17) is 0 Å². The molecule has 0 amide bonds. The number of rotatable bonds is 4. The Kier molecular flexibility index (Phi) is 3.36. The van der Waals surface area contributed by atoms with Crippen molar-refractivity contribution >= 4 is 11.3 Å². The van der Waals surface area contributed by atoms with E-state index in [0.717, 1.165) is 23.9 Å². The molecule has 0 bridgehead atoms. The highest BCUT2D eigenvalue weighted by Gasteiger charge is 2.13. The molecule has 4 nitrogen and oxygen atoms in total. The van der Waals surface area contributed by atoms with Crippen LogP contribution < -0.4 is 5.32 Å². The van der Waals surface area contributed by atoms with E-state index < -0.39 is 0 Å². The van der Waals surface area contributed by atoms with Gasteiger partial charge in [0.2, 0.25) is 5.13 Å². The molecule has 1 N–H and O–H groups in total. The Morgan fingerprint density at radius 3 is 2.88 bits per heavy atom. The average molecular weight is 236 g/mol. The van der Waals surface area contributed by atoms with Crippen molar-refractivity contribution < 1.29 is 0 Å². The van der Waals surface area contributed by atoms with Crippen LogP contribution in [0.25, 0.3) is 5.13 Å². The van der Waals surface area contributed by atoms with Gasteiger partial charge in [0.1, 0.15) is 0 Å². The third-order valence-corrected chi connectivity index (χ3v) is 3.34. The largest absolute Gasteiger partial charge is 0.313 e. The molecule has 0 saturated carbocycles. The van der Waals surface area contributed by atoms with Gasteiger partial charge in [0, 0.05) is 29.4 Å². The van der Waals surface area contributed by atoms with Crippen LogP contribution in [0.4, 0.5) is 0 Å². The summed E-state index contributed by atoms with van der Waals surface area (Å²) in [4.78, 5) is 4.28. The molecule has 0 radical (unpaired) electrons. The van der Waals surface area contributed by atoms with Gasteiger partial charge in [0.15, 0.2) is 0 Å². The maximum absolute atomic E-state index is 4.53. The Labute approximate surface area is 99.3 Å². The van der Waals surface area contributed by atoms with Crippen LogP contribution in [-0.2, 0) is 6.54 Å². The number of nitrogens with one attached hydrogen (secondary N) is 1. The summed E-state index contributed by atoms with van der Waals surface area (Å²) in [6, 6.07) is 0. The fourth-order valence-electron chi connectivity index (χ4n) is 1.69. The minimum atomic E-state index is 0.875. The predicted molar refractivity (Wildman–Crippen MR) is 66.1 cm³/mol. The fraction of sp³-hybridized carbons (Fsp3) is 0.455. The summed E-state index contributed by atoms with van der Waals surface area (Å²) in [6.07, 6.45) is 1.81. The molecule has 0 saturated heterocycles. The number of aryl methyl sites for hydroxylation is 1. The normalized spacial score (nSPS) is 10.9. The van der Waals surface area contributed by atoms with E-state index in [9.17, 15) is 0 Å². The third kappa shape index (κ3) is 2.01. The number of aromatic nitrogens is 3. The Hall–Kier alpha value is -1.20. The summed E-state index contributed by atoms with van der Waals surface area (Å²) in [6.45, 7) is 8.09. The van der Waals surface area contributed by atoms with Crippen molar-refractivity contribution in [2.45, 2.75) is 27.3 Å². The van der Waals surface area contributed by atoms with Gasteiger partial charge >= 0.3 is 0 Å². The first-order valence-corrected chi connectivity index (χ1v) is 6.27. The van der Waals surface area contributed by atoms with Crippen LogP contribution >= 0.6 is 11.3 Å². The Morgan fingerprint density at radius 1 is 1.44 bits per heavy atom. The maximum atomic E-state index is 4.53. The SMILES string of the molecule is CCNCc1c(C)nn(-c2nccs2)c1C. The van der Waals surface area contributed by atoms with Crippen molar-refractivity contribution in [1.29, 1.82) is 0 Å². The van der Waals surface area contributed by atoms with Crippen molar-refractivity contribution in [1.82, 2.24) is 20.1 Å². The molecule has 0 aliphatic carbocycles. The van der Waals surface area contributed by atoms with E-state index in [1.165, 1.54) is 11.3 Å². The van der Waals surface area contributed by atoms with Crippen molar-refractivity contribution in [3.8, 4) is 5.13 Å². The monoisotopic (exact) mass is 236 g/mol. The lowest BCUT2D eigenvalue weighted by atomic mass is 10.2. The molecular weight excluding hydrogens is 220 g/mol. The summed E-state index contributed by atoms with van der Waals surface area (Å²) in [5.41, 5.74) is 3.53. The molecule has 2 rings (SSSR count). The molecule has 0 unspecified atom stereocenters. The zero-order chi connectivity index (χ0) is 11.5.